The van der Waals surface area contributed by atoms with E-state index in [-0.39, 0.29) is 5.69 Å². The molecular formula is C14H15N2O4+. The van der Waals surface area contributed by atoms with Crippen molar-refractivity contribution in [1.29, 1.82) is 0 Å². The lowest BCUT2D eigenvalue weighted by Crippen LogP contribution is -2.35. The van der Waals surface area contributed by atoms with Crippen LogP contribution < -0.4 is 14.0 Å². The van der Waals surface area contributed by atoms with E-state index in [1.807, 2.05) is 35.2 Å². The van der Waals surface area contributed by atoms with Crippen LogP contribution in [0, 0.1) is 10.1 Å². The molecule has 0 aliphatic carbocycles. The van der Waals surface area contributed by atoms with E-state index in [1.165, 1.54) is 25.3 Å². The lowest BCUT2D eigenvalue weighted by Gasteiger charge is -2.09. The van der Waals surface area contributed by atoms with E-state index in [0.29, 0.717) is 24.7 Å². The van der Waals surface area contributed by atoms with Gasteiger partial charge in [0.05, 0.1) is 18.1 Å². The summed E-state index contributed by atoms with van der Waals surface area (Å²) in [6.07, 6.45) is 3.85. The molecule has 0 fully saturated rings. The molecule has 0 amide bonds. The highest BCUT2D eigenvalue weighted by atomic mass is 16.6. The number of nitrogens with zero attached hydrogens (tertiary/aromatic N) is 2. The Bertz CT molecular complexity index is 587. The van der Waals surface area contributed by atoms with Crippen LogP contribution >= 0.6 is 0 Å². The first kappa shape index (κ1) is 13.8. The first-order valence-corrected chi connectivity index (χ1v) is 6.10. The maximum atomic E-state index is 10.8. The second kappa shape index (κ2) is 6.51. The molecule has 20 heavy (non-hydrogen) atoms. The summed E-state index contributed by atoms with van der Waals surface area (Å²) in [7, 11) is 1.50. The average molecular weight is 275 g/mol. The molecule has 6 heteroatoms. The predicted molar refractivity (Wildman–Crippen MR) is 71.8 cm³/mol. The van der Waals surface area contributed by atoms with Gasteiger partial charge in [0.25, 0.3) is 5.69 Å². The Labute approximate surface area is 116 Å². The monoisotopic (exact) mass is 275 g/mol. The highest BCUT2D eigenvalue weighted by Crippen LogP contribution is 2.30. The number of non-ortho nitro benzene ring substituents is 1. The van der Waals surface area contributed by atoms with Gasteiger partial charge in [-0.15, -0.1) is 0 Å². The fourth-order valence-electron chi connectivity index (χ4n) is 1.74. The molecular weight excluding hydrogens is 260 g/mol. The smallest absolute Gasteiger partial charge is 0.273 e. The van der Waals surface area contributed by atoms with E-state index in [9.17, 15) is 10.1 Å². The summed E-state index contributed by atoms with van der Waals surface area (Å²) >= 11 is 0. The van der Waals surface area contributed by atoms with Gasteiger partial charge in [-0.05, 0) is 6.07 Å². The van der Waals surface area contributed by atoms with E-state index in [0.717, 1.165) is 0 Å². The Morgan fingerprint density at radius 3 is 2.60 bits per heavy atom. The normalized spacial score (nSPS) is 10.1. The third-order valence-corrected chi connectivity index (χ3v) is 2.74. The highest BCUT2D eigenvalue weighted by Gasteiger charge is 2.12. The maximum Gasteiger partial charge on any atom is 0.273 e. The molecule has 2 aromatic rings. The van der Waals surface area contributed by atoms with Crippen molar-refractivity contribution in [3.05, 3.63) is 58.9 Å². The molecule has 0 radical (unpaired) electrons. The fourth-order valence-corrected chi connectivity index (χ4v) is 1.74. The Balaban J connectivity index is 2.04. The van der Waals surface area contributed by atoms with Crippen LogP contribution in [0.15, 0.2) is 48.8 Å². The van der Waals surface area contributed by atoms with Crippen LogP contribution in [-0.4, -0.2) is 18.6 Å². The van der Waals surface area contributed by atoms with Crippen LogP contribution in [-0.2, 0) is 6.54 Å². The van der Waals surface area contributed by atoms with Gasteiger partial charge in [0.15, 0.2) is 30.4 Å². The minimum Gasteiger partial charge on any atom is -0.493 e. The van der Waals surface area contributed by atoms with Crippen LogP contribution in [0.25, 0.3) is 0 Å². The van der Waals surface area contributed by atoms with Gasteiger partial charge in [-0.25, -0.2) is 4.57 Å². The Morgan fingerprint density at radius 2 is 1.95 bits per heavy atom. The van der Waals surface area contributed by atoms with Crippen LogP contribution in [0.2, 0.25) is 0 Å². The summed E-state index contributed by atoms with van der Waals surface area (Å²) < 4.78 is 12.7. The zero-order valence-electron chi connectivity index (χ0n) is 11.1. The van der Waals surface area contributed by atoms with Crippen molar-refractivity contribution in [2.45, 2.75) is 6.54 Å². The van der Waals surface area contributed by atoms with Crippen LogP contribution in [0.4, 0.5) is 5.69 Å². The van der Waals surface area contributed by atoms with Crippen LogP contribution in [0.5, 0.6) is 11.5 Å². The number of ether oxygens (including phenoxy) is 2. The summed E-state index contributed by atoms with van der Waals surface area (Å²) in [6, 6.07) is 10.1. The molecule has 104 valence electrons. The Hall–Kier alpha value is -2.63. The lowest BCUT2D eigenvalue weighted by molar-refractivity contribution is -0.697. The van der Waals surface area contributed by atoms with Gasteiger partial charge in [-0.1, -0.05) is 6.07 Å². The number of hydrogen-bond acceptors (Lipinski definition) is 4. The third-order valence-electron chi connectivity index (χ3n) is 2.74. The number of rotatable bonds is 6. The van der Waals surface area contributed by atoms with Crippen molar-refractivity contribution in [1.82, 2.24) is 0 Å². The fraction of sp³-hybridized carbons (Fsp3) is 0.214. The first-order chi connectivity index (χ1) is 9.70. The van der Waals surface area contributed by atoms with Crippen molar-refractivity contribution in [3.63, 3.8) is 0 Å². The predicted octanol–water partition coefficient (Wildman–Crippen LogP) is 1.97. The second-order valence-electron chi connectivity index (χ2n) is 4.05. The molecule has 1 aromatic heterocycles. The van der Waals surface area contributed by atoms with Gasteiger partial charge in [0.1, 0.15) is 6.61 Å². The highest BCUT2D eigenvalue weighted by molar-refractivity contribution is 5.48. The topological polar surface area (TPSA) is 65.5 Å². The number of methoxy groups -OCH3 is 1. The average Bonchev–Trinajstić information content (AvgIpc) is 2.48. The number of aromatic nitrogens is 1. The van der Waals surface area contributed by atoms with Gasteiger partial charge in [-0.2, -0.15) is 0 Å². The maximum absolute atomic E-state index is 10.8. The Morgan fingerprint density at radius 1 is 1.20 bits per heavy atom. The summed E-state index contributed by atoms with van der Waals surface area (Å²) in [4.78, 5) is 10.3. The molecule has 0 unspecified atom stereocenters. The third kappa shape index (κ3) is 3.44. The largest absolute Gasteiger partial charge is 0.493 e. The van der Waals surface area contributed by atoms with E-state index < -0.39 is 4.92 Å². The number of hydrogen-bond donors (Lipinski definition) is 0. The van der Waals surface area contributed by atoms with Gasteiger partial charge >= 0.3 is 0 Å². The molecule has 0 atom stereocenters. The zero-order valence-corrected chi connectivity index (χ0v) is 11.1. The second-order valence-corrected chi connectivity index (χ2v) is 4.05. The number of benzene rings is 1. The van der Waals surface area contributed by atoms with Crippen molar-refractivity contribution >= 4 is 5.69 Å². The number of nitro benzene ring substituents is 1. The number of nitro groups is 1. The SMILES string of the molecule is COc1ccc([N+](=O)[O-])cc1OCC[n+]1ccccc1. The zero-order chi connectivity index (χ0) is 14.4. The summed E-state index contributed by atoms with van der Waals surface area (Å²) in [5, 5.41) is 10.8. The minimum absolute atomic E-state index is 0.0202. The van der Waals surface area contributed by atoms with Gasteiger partial charge < -0.3 is 9.47 Å². The molecule has 0 aliphatic heterocycles. The molecule has 0 spiro atoms. The van der Waals surface area contributed by atoms with Crippen molar-refractivity contribution < 1.29 is 19.0 Å². The molecule has 0 bridgehead atoms. The van der Waals surface area contributed by atoms with Gasteiger partial charge in [-0.3, -0.25) is 10.1 Å². The number of pyridine rings is 1. The Kier molecular flexibility index (Phi) is 4.49. The summed E-state index contributed by atoms with van der Waals surface area (Å²) in [6.45, 7) is 1.04. The van der Waals surface area contributed by atoms with Gasteiger partial charge in [0.2, 0.25) is 0 Å². The van der Waals surface area contributed by atoms with Crippen molar-refractivity contribution in [2.24, 2.45) is 0 Å². The van der Waals surface area contributed by atoms with E-state index in [2.05, 4.69) is 0 Å². The molecule has 0 saturated carbocycles. The minimum atomic E-state index is -0.460. The van der Waals surface area contributed by atoms with Gasteiger partial charge in [0, 0.05) is 18.2 Å². The van der Waals surface area contributed by atoms with Crippen molar-refractivity contribution in [2.75, 3.05) is 13.7 Å². The standard InChI is InChI=1S/C14H15N2O4/c1-19-13-6-5-12(16(17)18)11-14(13)20-10-9-15-7-3-2-4-8-15/h2-8,11H,9-10H2,1H3/q+1. The molecule has 1 aromatic carbocycles. The quantitative estimate of drug-likeness (QED) is 0.459. The van der Waals surface area contributed by atoms with Crippen molar-refractivity contribution in [3.8, 4) is 11.5 Å². The van der Waals surface area contributed by atoms with E-state index >= 15 is 0 Å². The molecule has 2 rings (SSSR count). The first-order valence-electron chi connectivity index (χ1n) is 6.10. The molecule has 6 nitrogen and oxygen atoms in total. The molecule has 1 heterocycles. The van der Waals surface area contributed by atoms with Crippen LogP contribution in [0.1, 0.15) is 0 Å². The molecule has 0 aliphatic rings. The van der Waals surface area contributed by atoms with E-state index in [4.69, 9.17) is 9.47 Å². The molecule has 0 N–H and O–H groups in total. The lowest BCUT2D eigenvalue weighted by atomic mass is 10.3. The molecule has 0 saturated heterocycles. The van der Waals surface area contributed by atoms with Crippen LogP contribution in [0.3, 0.4) is 0 Å². The summed E-state index contributed by atoms with van der Waals surface area (Å²) in [5.74, 6) is 0.854. The summed E-state index contributed by atoms with van der Waals surface area (Å²) in [5.41, 5.74) is -0.0202. The van der Waals surface area contributed by atoms with E-state index in [1.54, 1.807) is 0 Å².